The Kier molecular flexibility index (Phi) is 4.43. The number of benzene rings is 1. The number of ether oxygens (including phenoxy) is 1. The van der Waals surface area contributed by atoms with Crippen LogP contribution in [0.4, 0.5) is 11.4 Å². The van der Waals surface area contributed by atoms with Crippen LogP contribution in [0.2, 0.25) is 0 Å². The highest BCUT2D eigenvalue weighted by Crippen LogP contribution is 2.22. The summed E-state index contributed by atoms with van der Waals surface area (Å²) in [6.07, 6.45) is 2.43. The van der Waals surface area contributed by atoms with Crippen LogP contribution in [-0.4, -0.2) is 57.4 Å². The number of hydrogen-bond acceptors (Lipinski definition) is 4. The van der Waals surface area contributed by atoms with Crippen molar-refractivity contribution >= 4 is 11.4 Å². The number of morpholine rings is 1. The minimum atomic E-state index is 0.586. The summed E-state index contributed by atoms with van der Waals surface area (Å²) in [6, 6.07) is 10.3. The molecule has 0 unspecified atom stereocenters. The van der Waals surface area contributed by atoms with Crippen molar-refractivity contribution in [2.24, 2.45) is 0 Å². The van der Waals surface area contributed by atoms with Crippen molar-refractivity contribution in [2.75, 3.05) is 56.7 Å². The molecule has 1 N–H and O–H groups in total. The Morgan fingerprint density at radius 1 is 1.20 bits per heavy atom. The summed E-state index contributed by atoms with van der Waals surface area (Å²) < 4.78 is 5.41. The largest absolute Gasteiger partial charge is 0.382 e. The van der Waals surface area contributed by atoms with Crippen LogP contribution in [0.5, 0.6) is 0 Å². The van der Waals surface area contributed by atoms with E-state index in [1.54, 1.807) is 0 Å². The van der Waals surface area contributed by atoms with Gasteiger partial charge in [0, 0.05) is 36.6 Å². The second kappa shape index (κ2) is 6.46. The highest BCUT2D eigenvalue weighted by atomic mass is 16.5. The van der Waals surface area contributed by atoms with E-state index in [0.29, 0.717) is 6.04 Å². The van der Waals surface area contributed by atoms with E-state index >= 15 is 0 Å². The van der Waals surface area contributed by atoms with Gasteiger partial charge in [0.2, 0.25) is 0 Å². The average molecular weight is 274 g/mol. The number of hydrogen-bond donors (Lipinski definition) is 1. The van der Waals surface area contributed by atoms with Gasteiger partial charge in [-0.2, -0.15) is 0 Å². The van der Waals surface area contributed by atoms with E-state index in [-0.39, 0.29) is 0 Å². The van der Waals surface area contributed by atoms with E-state index in [4.69, 9.17) is 4.74 Å². The minimum Gasteiger partial charge on any atom is -0.382 e. The van der Waals surface area contributed by atoms with Crippen molar-refractivity contribution in [1.82, 2.24) is 4.90 Å². The van der Waals surface area contributed by atoms with E-state index in [2.05, 4.69) is 40.4 Å². The molecule has 0 amide bonds. The summed E-state index contributed by atoms with van der Waals surface area (Å²) in [5, 5.41) is 3.64. The van der Waals surface area contributed by atoms with Crippen molar-refractivity contribution in [1.29, 1.82) is 0 Å². The number of anilines is 2. The van der Waals surface area contributed by atoms with Gasteiger partial charge < -0.3 is 19.9 Å². The van der Waals surface area contributed by atoms with E-state index in [0.717, 1.165) is 32.0 Å². The van der Waals surface area contributed by atoms with Crippen LogP contribution < -0.4 is 10.2 Å². The molecule has 0 saturated carbocycles. The number of nitrogens with zero attached hydrogens (tertiary/aromatic N) is 2. The standard InChI is InChI=1S/C16H24N3O/c1-18-7-5-14(6-8-18)17-15-3-2-4-16(13-15)19-9-11-20-12-10-19/h2,4,13-14,17H,5-12H2,1H3. The summed E-state index contributed by atoms with van der Waals surface area (Å²) >= 11 is 0. The van der Waals surface area contributed by atoms with Crippen LogP contribution in [0.25, 0.3) is 0 Å². The summed E-state index contributed by atoms with van der Waals surface area (Å²) in [5.41, 5.74) is 2.41. The second-order valence-corrected chi connectivity index (χ2v) is 5.78. The van der Waals surface area contributed by atoms with Gasteiger partial charge in [0.25, 0.3) is 0 Å². The molecule has 0 atom stereocenters. The first-order valence-electron chi connectivity index (χ1n) is 7.61. The van der Waals surface area contributed by atoms with Gasteiger partial charge in [-0.3, -0.25) is 0 Å². The molecular formula is C16H24N3O. The zero-order valence-electron chi connectivity index (χ0n) is 12.3. The van der Waals surface area contributed by atoms with Crippen molar-refractivity contribution in [2.45, 2.75) is 18.9 Å². The number of piperidine rings is 1. The predicted octanol–water partition coefficient (Wildman–Crippen LogP) is 1.83. The Labute approximate surface area is 121 Å². The normalized spacial score (nSPS) is 21.9. The first kappa shape index (κ1) is 13.7. The Balaban J connectivity index is 1.62. The smallest absolute Gasteiger partial charge is 0.0642 e. The van der Waals surface area contributed by atoms with Crippen LogP contribution in [0.3, 0.4) is 0 Å². The topological polar surface area (TPSA) is 27.7 Å². The Hall–Kier alpha value is -1.26. The molecule has 109 valence electrons. The number of likely N-dealkylation sites (tertiary alicyclic amines) is 1. The molecule has 2 aliphatic heterocycles. The molecule has 2 heterocycles. The molecule has 1 aromatic rings. The Morgan fingerprint density at radius 3 is 2.70 bits per heavy atom. The lowest BCUT2D eigenvalue weighted by atomic mass is 10.1. The first-order valence-corrected chi connectivity index (χ1v) is 7.61. The van der Waals surface area contributed by atoms with Gasteiger partial charge in [-0.25, -0.2) is 0 Å². The van der Waals surface area contributed by atoms with Gasteiger partial charge in [-0.15, -0.1) is 0 Å². The zero-order chi connectivity index (χ0) is 13.8. The fourth-order valence-corrected chi connectivity index (χ4v) is 2.93. The Bertz CT molecular complexity index is 423. The monoisotopic (exact) mass is 274 g/mol. The van der Waals surface area contributed by atoms with Crippen molar-refractivity contribution < 1.29 is 4.74 Å². The maximum atomic E-state index is 5.41. The number of nitrogens with one attached hydrogen (secondary N) is 1. The van der Waals surface area contributed by atoms with Gasteiger partial charge in [-0.1, -0.05) is 6.07 Å². The number of rotatable bonds is 3. The molecule has 4 heteroatoms. The summed E-state index contributed by atoms with van der Waals surface area (Å²) in [5.74, 6) is 0. The van der Waals surface area contributed by atoms with E-state index < -0.39 is 0 Å². The minimum absolute atomic E-state index is 0.586. The lowest BCUT2D eigenvalue weighted by molar-refractivity contribution is 0.122. The molecule has 3 rings (SSSR count). The van der Waals surface area contributed by atoms with Crippen LogP contribution in [0.1, 0.15) is 12.8 Å². The van der Waals surface area contributed by atoms with Gasteiger partial charge in [0.1, 0.15) is 0 Å². The average Bonchev–Trinajstić information content (AvgIpc) is 2.51. The fraction of sp³-hybridized carbons (Fsp3) is 0.625. The van der Waals surface area contributed by atoms with Gasteiger partial charge in [0.15, 0.2) is 0 Å². The highest BCUT2D eigenvalue weighted by molar-refractivity contribution is 5.58. The maximum Gasteiger partial charge on any atom is 0.0642 e. The molecule has 4 nitrogen and oxygen atoms in total. The van der Waals surface area contributed by atoms with Crippen molar-refractivity contribution in [3.63, 3.8) is 0 Å². The third-order valence-electron chi connectivity index (χ3n) is 4.24. The maximum absolute atomic E-state index is 5.41. The van der Waals surface area contributed by atoms with Crippen molar-refractivity contribution in [3.8, 4) is 0 Å². The molecule has 0 aromatic heterocycles. The SMILES string of the molecule is CN1CCC(Nc2[c]ccc(N3CCOCC3)c2)CC1. The van der Waals surface area contributed by atoms with Crippen LogP contribution in [0.15, 0.2) is 18.2 Å². The fourth-order valence-electron chi connectivity index (χ4n) is 2.93. The van der Waals surface area contributed by atoms with Gasteiger partial charge >= 0.3 is 0 Å². The molecule has 0 aliphatic carbocycles. The molecule has 2 fully saturated rings. The predicted molar refractivity (Wildman–Crippen MR) is 82.5 cm³/mol. The molecular weight excluding hydrogens is 250 g/mol. The summed E-state index contributed by atoms with van der Waals surface area (Å²) in [7, 11) is 2.20. The van der Waals surface area contributed by atoms with Gasteiger partial charge in [-0.05, 0) is 45.1 Å². The molecule has 0 spiro atoms. The Morgan fingerprint density at radius 2 is 1.95 bits per heavy atom. The molecule has 0 bridgehead atoms. The first-order chi connectivity index (χ1) is 9.81. The third-order valence-corrected chi connectivity index (χ3v) is 4.24. The second-order valence-electron chi connectivity index (χ2n) is 5.78. The van der Waals surface area contributed by atoms with Crippen LogP contribution >= 0.6 is 0 Å². The van der Waals surface area contributed by atoms with Crippen LogP contribution in [0, 0.1) is 6.07 Å². The van der Waals surface area contributed by atoms with Gasteiger partial charge in [0.05, 0.1) is 13.2 Å². The third kappa shape index (κ3) is 3.44. The molecule has 1 radical (unpaired) electrons. The quantitative estimate of drug-likeness (QED) is 0.910. The van der Waals surface area contributed by atoms with E-state index in [1.807, 2.05) is 6.07 Å². The molecule has 20 heavy (non-hydrogen) atoms. The molecule has 2 aliphatic rings. The van der Waals surface area contributed by atoms with E-state index in [1.165, 1.54) is 31.6 Å². The van der Waals surface area contributed by atoms with Crippen molar-refractivity contribution in [3.05, 3.63) is 24.3 Å². The lowest BCUT2D eigenvalue weighted by Crippen LogP contribution is -2.37. The molecule has 1 aromatic carbocycles. The lowest BCUT2D eigenvalue weighted by Gasteiger charge is -2.31. The van der Waals surface area contributed by atoms with Crippen LogP contribution in [-0.2, 0) is 4.74 Å². The highest BCUT2D eigenvalue weighted by Gasteiger charge is 2.17. The summed E-state index contributed by atoms with van der Waals surface area (Å²) in [6.45, 7) is 5.99. The van der Waals surface area contributed by atoms with E-state index in [9.17, 15) is 0 Å². The molecule has 2 saturated heterocycles. The summed E-state index contributed by atoms with van der Waals surface area (Å²) in [4.78, 5) is 4.78. The zero-order valence-corrected chi connectivity index (χ0v) is 12.3.